The van der Waals surface area contributed by atoms with Crippen LogP contribution < -0.4 is 21.0 Å². The maximum absolute atomic E-state index is 13.4. The number of hydrogen-bond acceptors (Lipinski definition) is 4. The average Bonchev–Trinajstić information content (AvgIpc) is 2.91. The Bertz CT molecular complexity index is 1680. The normalized spacial score (nSPS) is 11.7. The zero-order valence-electron chi connectivity index (χ0n) is 19.6. The van der Waals surface area contributed by atoms with E-state index in [-0.39, 0.29) is 16.7 Å². The van der Waals surface area contributed by atoms with Crippen LogP contribution in [0, 0.1) is 0 Å². The number of hydrogen-bond donors (Lipinski definition) is 2. The molecule has 2 heterocycles. The summed E-state index contributed by atoms with van der Waals surface area (Å²) in [4.78, 5) is 41.8. The summed E-state index contributed by atoms with van der Waals surface area (Å²) in [6.07, 6.45) is 2.28. The van der Waals surface area contributed by atoms with E-state index in [1.165, 1.54) is 22.9 Å². The molecule has 0 aliphatic carbocycles. The molecule has 1 atom stereocenters. The van der Waals surface area contributed by atoms with Crippen molar-refractivity contribution >= 4 is 28.6 Å². The largest absolute Gasteiger partial charge is 0.413 e. The maximum Gasteiger partial charge on any atom is 0.413 e. The van der Waals surface area contributed by atoms with Gasteiger partial charge >= 0.3 is 6.09 Å². The number of benzene rings is 3. The monoisotopic (exact) mass is 511 g/mol. The zero-order chi connectivity index (χ0) is 25.8. The lowest BCUT2D eigenvalue weighted by molar-refractivity contribution is 0.197. The third kappa shape index (κ3) is 5.47. The lowest BCUT2D eigenvalue weighted by atomic mass is 9.98. The number of aromatic nitrogens is 2. The first-order valence-electron chi connectivity index (χ1n) is 11.6. The highest BCUT2D eigenvalue weighted by Gasteiger charge is 2.22. The van der Waals surface area contributed by atoms with Crippen molar-refractivity contribution < 1.29 is 9.53 Å². The van der Waals surface area contributed by atoms with E-state index >= 15 is 0 Å². The minimum atomic E-state index is -0.784. The molecule has 0 fully saturated rings. The molecule has 7 nitrogen and oxygen atoms in total. The fraction of sp³-hybridized carbons (Fsp3) is 0.0690. The highest BCUT2D eigenvalue weighted by Crippen LogP contribution is 2.23. The Morgan fingerprint density at radius 3 is 2.43 bits per heavy atom. The minimum absolute atomic E-state index is 0.196. The molecule has 184 valence electrons. The van der Waals surface area contributed by atoms with Gasteiger partial charge in [-0.1, -0.05) is 72.3 Å². The first kappa shape index (κ1) is 24.1. The predicted molar refractivity (Wildman–Crippen MR) is 143 cm³/mol. The first-order chi connectivity index (χ1) is 18.0. The first-order valence-corrected chi connectivity index (χ1v) is 11.9. The minimum Gasteiger partial charge on any atom is -0.409 e. The number of pyridine rings is 2. The van der Waals surface area contributed by atoms with Crippen LogP contribution in [0.1, 0.15) is 22.7 Å². The molecular formula is C29H22ClN3O4. The quantitative estimate of drug-likeness (QED) is 0.325. The summed E-state index contributed by atoms with van der Waals surface area (Å²) in [7, 11) is 0. The van der Waals surface area contributed by atoms with E-state index < -0.39 is 12.1 Å². The number of aromatic amines is 1. The molecule has 2 N–H and O–H groups in total. The summed E-state index contributed by atoms with van der Waals surface area (Å²) >= 11 is 6.06. The Labute approximate surface area is 216 Å². The molecule has 37 heavy (non-hydrogen) atoms. The van der Waals surface area contributed by atoms with Crippen LogP contribution in [0.25, 0.3) is 10.9 Å². The Morgan fingerprint density at radius 1 is 0.946 bits per heavy atom. The number of H-pyrrole nitrogens is 1. The second kappa shape index (κ2) is 10.6. The second-order valence-electron chi connectivity index (χ2n) is 8.46. The molecule has 8 heteroatoms. The van der Waals surface area contributed by atoms with Gasteiger partial charge in [0.05, 0.1) is 24.3 Å². The van der Waals surface area contributed by atoms with Crippen LogP contribution in [0.2, 0.25) is 5.02 Å². The van der Waals surface area contributed by atoms with Crippen molar-refractivity contribution in [2.24, 2.45) is 0 Å². The third-order valence-electron chi connectivity index (χ3n) is 5.94. The van der Waals surface area contributed by atoms with Crippen LogP contribution >= 0.6 is 11.6 Å². The van der Waals surface area contributed by atoms with Gasteiger partial charge in [-0.3, -0.25) is 9.59 Å². The highest BCUT2D eigenvalue weighted by atomic mass is 35.5. The molecule has 3 aromatic carbocycles. The Hall–Kier alpha value is -4.62. The van der Waals surface area contributed by atoms with Crippen LogP contribution in [-0.4, -0.2) is 15.6 Å². The topological polar surface area (TPSA) is 93.2 Å². The molecule has 2 aromatic heterocycles. The van der Waals surface area contributed by atoms with Gasteiger partial charge in [-0.15, -0.1) is 0 Å². The standard InChI is InChI=1S/C29H22ClN3O4/c30-21-11-13-23-25(15-21)31-16-24(28(23)35)27(20-9-5-2-6-10-20)32-29(36)37-22-12-14-26(34)33(18-22)17-19-7-3-1-4-8-19/h1-16,18,27H,17H2,(H,31,35)(H,32,36). The number of amides is 1. The molecule has 5 rings (SSSR count). The van der Waals surface area contributed by atoms with Crippen molar-refractivity contribution in [1.82, 2.24) is 14.9 Å². The Kier molecular flexibility index (Phi) is 6.87. The molecule has 5 aromatic rings. The Morgan fingerprint density at radius 2 is 1.68 bits per heavy atom. The SMILES string of the molecule is O=C(NC(c1ccccc1)c1c[nH]c2cc(Cl)ccc2c1=O)Oc1ccc(=O)n(Cc2ccccc2)c1. The van der Waals surface area contributed by atoms with Crippen molar-refractivity contribution in [2.75, 3.05) is 0 Å². The molecule has 0 radical (unpaired) electrons. The van der Waals surface area contributed by atoms with Crippen molar-refractivity contribution in [3.63, 3.8) is 0 Å². The fourth-order valence-corrected chi connectivity index (χ4v) is 4.31. The summed E-state index contributed by atoms with van der Waals surface area (Å²) in [5.41, 5.74) is 2.11. The molecule has 0 aliphatic heterocycles. The average molecular weight is 512 g/mol. The number of halogens is 1. The van der Waals surface area contributed by atoms with E-state index in [0.717, 1.165) is 5.56 Å². The van der Waals surface area contributed by atoms with Crippen LogP contribution in [0.5, 0.6) is 5.75 Å². The summed E-state index contributed by atoms with van der Waals surface area (Å²) in [5.74, 6) is 0.196. The lowest BCUT2D eigenvalue weighted by Crippen LogP contribution is -2.34. The maximum atomic E-state index is 13.4. The number of rotatable bonds is 6. The van der Waals surface area contributed by atoms with Gasteiger partial charge in [0.1, 0.15) is 5.75 Å². The summed E-state index contributed by atoms with van der Waals surface area (Å²) in [6, 6.07) is 25.6. The van der Waals surface area contributed by atoms with Gasteiger partial charge in [0, 0.05) is 28.2 Å². The van der Waals surface area contributed by atoms with Crippen molar-refractivity contribution in [2.45, 2.75) is 12.6 Å². The summed E-state index contributed by atoms with van der Waals surface area (Å²) in [5, 5.41) is 3.76. The molecular weight excluding hydrogens is 490 g/mol. The molecule has 0 spiro atoms. The molecule has 0 aliphatic rings. The third-order valence-corrected chi connectivity index (χ3v) is 6.18. The van der Waals surface area contributed by atoms with Crippen LogP contribution in [0.15, 0.2) is 113 Å². The van der Waals surface area contributed by atoms with Gasteiger partial charge in [0.25, 0.3) is 5.56 Å². The molecule has 1 unspecified atom stereocenters. The van der Waals surface area contributed by atoms with Crippen LogP contribution in [0.3, 0.4) is 0 Å². The molecule has 0 saturated heterocycles. The number of ether oxygens (including phenoxy) is 1. The van der Waals surface area contributed by atoms with Crippen LogP contribution in [-0.2, 0) is 6.54 Å². The number of carbonyl (C=O) groups is 1. The smallest absolute Gasteiger partial charge is 0.409 e. The second-order valence-corrected chi connectivity index (χ2v) is 8.89. The fourth-order valence-electron chi connectivity index (χ4n) is 4.14. The predicted octanol–water partition coefficient (Wildman–Crippen LogP) is 5.27. The summed E-state index contributed by atoms with van der Waals surface area (Å²) < 4.78 is 6.99. The molecule has 0 bridgehead atoms. The van der Waals surface area contributed by atoms with Gasteiger partial charge in [0.15, 0.2) is 5.43 Å². The number of nitrogens with one attached hydrogen (secondary N) is 2. The lowest BCUT2D eigenvalue weighted by Gasteiger charge is -2.19. The van der Waals surface area contributed by atoms with E-state index in [2.05, 4.69) is 10.3 Å². The zero-order valence-corrected chi connectivity index (χ0v) is 20.3. The number of carbonyl (C=O) groups excluding carboxylic acids is 1. The van der Waals surface area contributed by atoms with Gasteiger partial charge in [-0.25, -0.2) is 4.79 Å². The van der Waals surface area contributed by atoms with Crippen molar-refractivity contribution in [3.05, 3.63) is 146 Å². The van der Waals surface area contributed by atoms with Crippen molar-refractivity contribution in [1.29, 1.82) is 0 Å². The molecule has 1 amide bonds. The number of nitrogens with zero attached hydrogens (tertiary/aromatic N) is 1. The molecule has 0 saturated carbocycles. The summed E-state index contributed by atoms with van der Waals surface area (Å²) in [6.45, 7) is 0.335. The van der Waals surface area contributed by atoms with Gasteiger partial charge in [0.2, 0.25) is 0 Å². The van der Waals surface area contributed by atoms with Crippen molar-refractivity contribution in [3.8, 4) is 5.75 Å². The van der Waals surface area contributed by atoms with Gasteiger partial charge in [-0.05, 0) is 35.4 Å². The Balaban J connectivity index is 1.43. The van der Waals surface area contributed by atoms with Gasteiger partial charge in [-0.2, -0.15) is 0 Å². The van der Waals surface area contributed by atoms with E-state index in [1.807, 2.05) is 60.7 Å². The van der Waals surface area contributed by atoms with Gasteiger partial charge < -0.3 is 19.6 Å². The van der Waals surface area contributed by atoms with E-state index in [9.17, 15) is 14.4 Å². The highest BCUT2D eigenvalue weighted by molar-refractivity contribution is 6.31. The van der Waals surface area contributed by atoms with Crippen LogP contribution in [0.4, 0.5) is 4.79 Å². The van der Waals surface area contributed by atoms with E-state index in [1.54, 1.807) is 24.4 Å². The van der Waals surface area contributed by atoms with E-state index in [0.29, 0.717) is 33.6 Å². The number of fused-ring (bicyclic) bond motifs is 1. The van der Waals surface area contributed by atoms with E-state index in [4.69, 9.17) is 16.3 Å².